The van der Waals surface area contributed by atoms with Crippen molar-refractivity contribution in [2.45, 2.75) is 44.4 Å². The molecule has 5 heteroatoms. The van der Waals surface area contributed by atoms with E-state index in [-0.39, 0.29) is 18.2 Å². The third kappa shape index (κ3) is 3.78. The van der Waals surface area contributed by atoms with Crippen LogP contribution in [0.15, 0.2) is 29.8 Å². The molecule has 1 atom stereocenters. The fourth-order valence-electron chi connectivity index (χ4n) is 3.27. The number of hydrogen-bond donors (Lipinski definition) is 2. The summed E-state index contributed by atoms with van der Waals surface area (Å²) in [6.07, 6.45) is 7.95. The van der Waals surface area contributed by atoms with Gasteiger partial charge in [0.05, 0.1) is 5.92 Å². The molecule has 0 bridgehead atoms. The van der Waals surface area contributed by atoms with Crippen molar-refractivity contribution in [3.8, 4) is 0 Å². The minimum atomic E-state index is -0.542. The van der Waals surface area contributed by atoms with Gasteiger partial charge in [0.1, 0.15) is 5.82 Å². The van der Waals surface area contributed by atoms with E-state index in [0.717, 1.165) is 19.3 Å². The van der Waals surface area contributed by atoms with E-state index in [1.807, 2.05) is 0 Å². The van der Waals surface area contributed by atoms with Crippen LogP contribution in [0, 0.1) is 5.82 Å². The lowest BCUT2D eigenvalue weighted by Gasteiger charge is -2.25. The van der Waals surface area contributed by atoms with E-state index in [0.29, 0.717) is 17.8 Å². The molecule has 0 fully saturated rings. The van der Waals surface area contributed by atoms with Gasteiger partial charge >= 0.3 is 0 Å². The van der Waals surface area contributed by atoms with Gasteiger partial charge in [0.25, 0.3) is 0 Å². The molecule has 2 amide bonds. The number of benzene rings is 1. The number of carbonyl (C=O) groups excluding carboxylic acids is 2. The second-order valence-corrected chi connectivity index (χ2v) is 6.19. The fourth-order valence-corrected chi connectivity index (χ4v) is 3.27. The van der Waals surface area contributed by atoms with Crippen LogP contribution >= 0.6 is 0 Å². The Balaban J connectivity index is 1.63. The van der Waals surface area contributed by atoms with E-state index in [4.69, 9.17) is 0 Å². The number of hydrogen-bond acceptors (Lipinski definition) is 2. The zero-order valence-corrected chi connectivity index (χ0v) is 13.0. The highest BCUT2D eigenvalue weighted by molar-refractivity contribution is 6.01. The Morgan fingerprint density at radius 3 is 3.00 bits per heavy atom. The molecule has 1 aromatic rings. The molecule has 1 aromatic carbocycles. The van der Waals surface area contributed by atoms with Crippen LogP contribution in [-0.2, 0) is 9.59 Å². The number of halogens is 1. The van der Waals surface area contributed by atoms with E-state index >= 15 is 0 Å². The molecular weight excluding hydrogens is 295 g/mol. The zero-order valence-electron chi connectivity index (χ0n) is 13.0. The van der Waals surface area contributed by atoms with Crippen molar-refractivity contribution >= 4 is 17.5 Å². The van der Waals surface area contributed by atoms with Crippen LogP contribution in [0.3, 0.4) is 0 Å². The summed E-state index contributed by atoms with van der Waals surface area (Å²) in [6, 6.07) is 4.17. The summed E-state index contributed by atoms with van der Waals surface area (Å²) in [5.74, 6) is -1.38. The van der Waals surface area contributed by atoms with Crippen molar-refractivity contribution in [1.29, 1.82) is 0 Å². The molecule has 23 heavy (non-hydrogen) atoms. The van der Waals surface area contributed by atoms with Gasteiger partial charge in [0, 0.05) is 18.7 Å². The van der Waals surface area contributed by atoms with Crippen molar-refractivity contribution < 1.29 is 14.0 Å². The van der Waals surface area contributed by atoms with Gasteiger partial charge in [0.15, 0.2) is 0 Å². The summed E-state index contributed by atoms with van der Waals surface area (Å²) in [5.41, 5.74) is 2.48. The second-order valence-electron chi connectivity index (χ2n) is 6.19. The summed E-state index contributed by atoms with van der Waals surface area (Å²) in [7, 11) is 0. The van der Waals surface area contributed by atoms with E-state index < -0.39 is 11.7 Å². The normalized spacial score (nSPS) is 20.3. The Morgan fingerprint density at radius 2 is 2.22 bits per heavy atom. The molecule has 0 spiro atoms. The van der Waals surface area contributed by atoms with Gasteiger partial charge < -0.3 is 10.6 Å². The number of nitrogens with one attached hydrogen (secondary N) is 2. The maximum atomic E-state index is 13.3. The highest BCUT2D eigenvalue weighted by Crippen LogP contribution is 2.32. The van der Waals surface area contributed by atoms with Crippen molar-refractivity contribution in [2.75, 3.05) is 11.9 Å². The topological polar surface area (TPSA) is 58.2 Å². The number of carbonyl (C=O) groups is 2. The predicted octanol–water partition coefficient (Wildman–Crippen LogP) is 3.26. The molecule has 0 saturated carbocycles. The van der Waals surface area contributed by atoms with Crippen molar-refractivity contribution in [2.24, 2.45) is 0 Å². The molecule has 0 saturated heterocycles. The molecule has 0 aromatic heterocycles. The number of rotatable bonds is 4. The van der Waals surface area contributed by atoms with E-state index in [1.54, 1.807) is 6.07 Å². The van der Waals surface area contributed by atoms with E-state index in [2.05, 4.69) is 16.7 Å². The lowest BCUT2D eigenvalue weighted by Crippen LogP contribution is -2.35. The first kappa shape index (κ1) is 15.7. The van der Waals surface area contributed by atoms with E-state index in [1.165, 1.54) is 30.5 Å². The first-order valence-corrected chi connectivity index (χ1v) is 8.18. The summed E-state index contributed by atoms with van der Waals surface area (Å²) in [6.45, 7) is 0.583. The number of allylic oxidation sites excluding steroid dienone is 1. The summed E-state index contributed by atoms with van der Waals surface area (Å²) in [4.78, 5) is 24.2. The number of anilines is 1. The van der Waals surface area contributed by atoms with Crippen LogP contribution < -0.4 is 10.6 Å². The van der Waals surface area contributed by atoms with E-state index in [9.17, 15) is 14.0 Å². The smallest absolute Gasteiger partial charge is 0.228 e. The SMILES string of the molecule is O=C1CC(C(=O)NCCC2=CCCCC2)c2ccc(F)cc2N1. The molecule has 122 valence electrons. The first-order valence-electron chi connectivity index (χ1n) is 8.18. The maximum absolute atomic E-state index is 13.3. The molecule has 4 nitrogen and oxygen atoms in total. The maximum Gasteiger partial charge on any atom is 0.228 e. The largest absolute Gasteiger partial charge is 0.355 e. The van der Waals surface area contributed by atoms with Crippen LogP contribution in [0.25, 0.3) is 0 Å². The van der Waals surface area contributed by atoms with Crippen molar-refractivity contribution in [3.05, 3.63) is 41.2 Å². The van der Waals surface area contributed by atoms with Crippen LogP contribution in [0.2, 0.25) is 0 Å². The number of amides is 2. The van der Waals surface area contributed by atoms with Gasteiger partial charge in [-0.15, -0.1) is 0 Å². The predicted molar refractivity (Wildman–Crippen MR) is 86.6 cm³/mol. The second kappa shape index (κ2) is 6.94. The molecular formula is C18H21FN2O2. The standard InChI is InChI=1S/C18H21FN2O2/c19-13-6-7-14-15(11-17(22)21-16(14)10-13)18(23)20-9-8-12-4-2-1-3-5-12/h4,6-7,10,15H,1-3,5,8-9,11H2,(H,20,23)(H,21,22). The molecule has 1 unspecified atom stereocenters. The van der Waals surface area contributed by atoms with Crippen LogP contribution in [0.5, 0.6) is 0 Å². The highest BCUT2D eigenvalue weighted by Gasteiger charge is 2.30. The fraction of sp³-hybridized carbons (Fsp3) is 0.444. The van der Waals surface area contributed by atoms with Gasteiger partial charge in [-0.1, -0.05) is 17.7 Å². The lowest BCUT2D eigenvalue weighted by molar-refractivity contribution is -0.126. The van der Waals surface area contributed by atoms with Crippen molar-refractivity contribution in [1.82, 2.24) is 5.32 Å². The monoisotopic (exact) mass is 316 g/mol. The molecule has 1 aliphatic carbocycles. The zero-order chi connectivity index (χ0) is 16.2. The highest BCUT2D eigenvalue weighted by atomic mass is 19.1. The van der Waals surface area contributed by atoms with Gasteiger partial charge in [-0.25, -0.2) is 4.39 Å². The van der Waals surface area contributed by atoms with Crippen LogP contribution in [-0.4, -0.2) is 18.4 Å². The minimum absolute atomic E-state index is 0.104. The van der Waals surface area contributed by atoms with Crippen LogP contribution in [0.4, 0.5) is 10.1 Å². The summed E-state index contributed by atoms with van der Waals surface area (Å²) in [5, 5.41) is 5.55. The van der Waals surface area contributed by atoms with Crippen molar-refractivity contribution in [3.63, 3.8) is 0 Å². The first-order chi connectivity index (χ1) is 11.1. The number of fused-ring (bicyclic) bond motifs is 1. The molecule has 2 N–H and O–H groups in total. The molecule has 1 heterocycles. The molecule has 3 rings (SSSR count). The van der Waals surface area contributed by atoms with Gasteiger partial charge in [-0.05, 0) is 49.8 Å². The Kier molecular flexibility index (Phi) is 4.74. The molecule has 0 radical (unpaired) electrons. The summed E-state index contributed by atoms with van der Waals surface area (Å²) < 4.78 is 13.3. The molecule has 2 aliphatic rings. The third-order valence-electron chi connectivity index (χ3n) is 4.50. The van der Waals surface area contributed by atoms with Crippen LogP contribution in [0.1, 0.15) is 50.0 Å². The average Bonchev–Trinajstić information content (AvgIpc) is 2.54. The quantitative estimate of drug-likeness (QED) is 0.838. The average molecular weight is 316 g/mol. The Morgan fingerprint density at radius 1 is 1.35 bits per heavy atom. The third-order valence-corrected chi connectivity index (χ3v) is 4.50. The van der Waals surface area contributed by atoms with Gasteiger partial charge in [0.2, 0.25) is 11.8 Å². The van der Waals surface area contributed by atoms with Gasteiger partial charge in [-0.3, -0.25) is 9.59 Å². The summed E-state index contributed by atoms with van der Waals surface area (Å²) >= 11 is 0. The Hall–Kier alpha value is -2.17. The van der Waals surface area contributed by atoms with Gasteiger partial charge in [-0.2, -0.15) is 0 Å². The molecule has 1 aliphatic heterocycles. The lowest BCUT2D eigenvalue weighted by atomic mass is 9.89. The minimum Gasteiger partial charge on any atom is -0.355 e. The Labute approximate surface area is 135 Å². The Bertz CT molecular complexity index is 654.